The predicted octanol–water partition coefficient (Wildman–Crippen LogP) is 2.16. The van der Waals surface area contributed by atoms with E-state index >= 15 is 0 Å². The zero-order valence-corrected chi connectivity index (χ0v) is 13.0. The molecule has 2 aromatic rings. The molecular formula is C17H15NO6. The highest BCUT2D eigenvalue weighted by atomic mass is 16.5. The highest BCUT2D eigenvalue weighted by Gasteiger charge is 2.39. The van der Waals surface area contributed by atoms with Crippen LogP contribution in [0.3, 0.4) is 0 Å². The first-order chi connectivity index (χ1) is 11.6. The van der Waals surface area contributed by atoms with E-state index in [1.54, 1.807) is 24.3 Å². The molecule has 7 heteroatoms. The molecule has 0 saturated carbocycles. The first-order valence-electron chi connectivity index (χ1n) is 7.11. The van der Waals surface area contributed by atoms with Gasteiger partial charge in [0.1, 0.15) is 11.5 Å². The third-order valence-electron chi connectivity index (χ3n) is 3.77. The number of hydrogen-bond donors (Lipinski definition) is 2. The first kappa shape index (κ1) is 15.7. The Kier molecular flexibility index (Phi) is 3.99. The molecule has 0 bridgehead atoms. The number of carbonyl (C=O) groups is 2. The number of aliphatic hydroxyl groups excluding tert-OH is 1. The van der Waals surface area contributed by atoms with E-state index in [2.05, 4.69) is 5.32 Å². The van der Waals surface area contributed by atoms with Crippen LogP contribution < -0.4 is 14.8 Å². The number of carbonyl (C=O) groups excluding carboxylic acids is 2. The van der Waals surface area contributed by atoms with Gasteiger partial charge >= 0.3 is 0 Å². The van der Waals surface area contributed by atoms with Gasteiger partial charge in [0.25, 0.3) is 5.91 Å². The van der Waals surface area contributed by atoms with Crippen molar-refractivity contribution in [2.45, 2.75) is 6.04 Å². The number of amides is 1. The lowest BCUT2D eigenvalue weighted by atomic mass is 9.95. The minimum Gasteiger partial charge on any atom is -0.503 e. The molecule has 1 amide bonds. The lowest BCUT2D eigenvalue weighted by Gasteiger charge is -2.18. The van der Waals surface area contributed by atoms with Crippen molar-refractivity contribution in [1.82, 2.24) is 5.32 Å². The van der Waals surface area contributed by atoms with Crippen LogP contribution in [0.2, 0.25) is 0 Å². The summed E-state index contributed by atoms with van der Waals surface area (Å²) in [7, 11) is 2.97. The number of rotatable bonds is 5. The maximum Gasteiger partial charge on any atom is 0.287 e. The van der Waals surface area contributed by atoms with Crippen LogP contribution in [0.1, 0.15) is 22.2 Å². The van der Waals surface area contributed by atoms with Gasteiger partial charge in [-0.25, -0.2) is 0 Å². The van der Waals surface area contributed by atoms with E-state index in [0.717, 1.165) is 0 Å². The fourth-order valence-electron chi connectivity index (χ4n) is 2.61. The van der Waals surface area contributed by atoms with Gasteiger partial charge < -0.3 is 24.3 Å². The molecule has 0 spiro atoms. The number of ketones is 1. The second kappa shape index (κ2) is 6.11. The SMILES string of the molecule is COc1ccc(OC)c(C2NC(=O)C(O)=C2C(=O)c2ccco2)c1. The molecule has 1 atom stereocenters. The normalized spacial score (nSPS) is 16.9. The molecule has 0 fully saturated rings. The zero-order valence-electron chi connectivity index (χ0n) is 13.0. The Labute approximate surface area is 137 Å². The Balaban J connectivity index is 2.11. The van der Waals surface area contributed by atoms with Crippen LogP contribution in [-0.2, 0) is 4.79 Å². The second-order valence-electron chi connectivity index (χ2n) is 5.08. The Bertz CT molecular complexity index is 822. The van der Waals surface area contributed by atoms with Gasteiger partial charge in [-0.2, -0.15) is 0 Å². The van der Waals surface area contributed by atoms with E-state index in [0.29, 0.717) is 17.1 Å². The van der Waals surface area contributed by atoms with Crippen LogP contribution in [0, 0.1) is 0 Å². The Morgan fingerprint density at radius 1 is 1.25 bits per heavy atom. The highest BCUT2D eigenvalue weighted by molar-refractivity contribution is 6.15. The molecule has 0 aliphatic carbocycles. The summed E-state index contributed by atoms with van der Waals surface area (Å²) in [4.78, 5) is 24.5. The predicted molar refractivity (Wildman–Crippen MR) is 83.1 cm³/mol. The summed E-state index contributed by atoms with van der Waals surface area (Å²) in [6.45, 7) is 0. The standard InChI is InChI=1S/C17H15NO6/c1-22-9-5-6-11(23-2)10(8-9)14-13(16(20)17(21)18-14)15(19)12-4-3-7-24-12/h3-8,14,20H,1-2H3,(H,18,21). The van der Waals surface area contributed by atoms with Crippen LogP contribution >= 0.6 is 0 Å². The van der Waals surface area contributed by atoms with Gasteiger partial charge in [-0.05, 0) is 30.3 Å². The quantitative estimate of drug-likeness (QED) is 0.816. The molecule has 7 nitrogen and oxygen atoms in total. The number of ether oxygens (including phenoxy) is 2. The average Bonchev–Trinajstić information content (AvgIpc) is 3.23. The largest absolute Gasteiger partial charge is 0.503 e. The third kappa shape index (κ3) is 2.50. The second-order valence-corrected chi connectivity index (χ2v) is 5.08. The number of benzene rings is 1. The zero-order chi connectivity index (χ0) is 17.3. The van der Waals surface area contributed by atoms with E-state index in [1.165, 1.54) is 26.5 Å². The van der Waals surface area contributed by atoms with Crippen LogP contribution in [0.5, 0.6) is 11.5 Å². The van der Waals surface area contributed by atoms with Crippen molar-refractivity contribution < 1.29 is 28.6 Å². The summed E-state index contributed by atoms with van der Waals surface area (Å²) in [6, 6.07) is 7.13. The molecule has 1 aromatic carbocycles. The minimum absolute atomic E-state index is 0.0277. The molecule has 124 valence electrons. The summed E-state index contributed by atoms with van der Waals surface area (Å²) >= 11 is 0. The monoisotopic (exact) mass is 329 g/mol. The van der Waals surface area contributed by atoms with Crippen molar-refractivity contribution in [2.24, 2.45) is 0 Å². The van der Waals surface area contributed by atoms with Gasteiger partial charge in [-0.1, -0.05) is 0 Å². The number of hydrogen-bond acceptors (Lipinski definition) is 6. The van der Waals surface area contributed by atoms with Gasteiger partial charge in [-0.3, -0.25) is 9.59 Å². The van der Waals surface area contributed by atoms with E-state index in [1.807, 2.05) is 0 Å². The summed E-state index contributed by atoms with van der Waals surface area (Å²) in [5, 5.41) is 12.7. The number of furan rings is 1. The molecular weight excluding hydrogens is 314 g/mol. The van der Waals surface area contributed by atoms with E-state index < -0.39 is 23.5 Å². The van der Waals surface area contributed by atoms with Gasteiger partial charge in [0, 0.05) is 5.56 Å². The summed E-state index contributed by atoms with van der Waals surface area (Å²) in [5.41, 5.74) is 0.394. The Morgan fingerprint density at radius 3 is 2.67 bits per heavy atom. The summed E-state index contributed by atoms with van der Waals surface area (Å²) in [5.74, 6) is -0.950. The van der Waals surface area contributed by atoms with Crippen LogP contribution in [0.4, 0.5) is 0 Å². The van der Waals surface area contributed by atoms with Crippen molar-refractivity contribution >= 4 is 11.7 Å². The Hall–Kier alpha value is -3.22. The van der Waals surface area contributed by atoms with Crippen LogP contribution in [0.15, 0.2) is 52.3 Å². The van der Waals surface area contributed by atoms with Crippen molar-refractivity contribution in [3.63, 3.8) is 0 Å². The molecule has 1 aliphatic heterocycles. The van der Waals surface area contributed by atoms with E-state index in [9.17, 15) is 14.7 Å². The highest BCUT2D eigenvalue weighted by Crippen LogP contribution is 2.38. The van der Waals surface area contributed by atoms with Crippen molar-refractivity contribution in [1.29, 1.82) is 0 Å². The molecule has 3 rings (SSSR count). The fourth-order valence-corrected chi connectivity index (χ4v) is 2.61. The number of methoxy groups -OCH3 is 2. The molecule has 24 heavy (non-hydrogen) atoms. The van der Waals surface area contributed by atoms with Crippen LogP contribution in [0.25, 0.3) is 0 Å². The van der Waals surface area contributed by atoms with Crippen molar-refractivity contribution in [3.05, 3.63) is 59.3 Å². The molecule has 0 saturated heterocycles. The van der Waals surface area contributed by atoms with Gasteiger partial charge in [0.2, 0.25) is 5.78 Å². The van der Waals surface area contributed by atoms with Crippen molar-refractivity contribution in [2.75, 3.05) is 14.2 Å². The third-order valence-corrected chi connectivity index (χ3v) is 3.77. The minimum atomic E-state index is -0.875. The van der Waals surface area contributed by atoms with Gasteiger partial charge in [0.15, 0.2) is 11.5 Å². The fraction of sp³-hybridized carbons (Fsp3) is 0.176. The average molecular weight is 329 g/mol. The first-order valence-corrected chi connectivity index (χ1v) is 7.11. The Morgan fingerprint density at radius 2 is 2.04 bits per heavy atom. The molecule has 2 heterocycles. The summed E-state index contributed by atoms with van der Waals surface area (Å²) in [6.07, 6.45) is 1.34. The topological polar surface area (TPSA) is 98.0 Å². The molecule has 2 N–H and O–H groups in total. The van der Waals surface area contributed by atoms with E-state index in [-0.39, 0.29) is 11.3 Å². The lowest BCUT2D eigenvalue weighted by Crippen LogP contribution is -2.24. The number of nitrogens with one attached hydrogen (secondary N) is 1. The summed E-state index contributed by atoms with van der Waals surface area (Å²) < 4.78 is 15.6. The molecule has 1 unspecified atom stereocenters. The van der Waals surface area contributed by atoms with E-state index in [4.69, 9.17) is 13.9 Å². The molecule has 0 radical (unpaired) electrons. The number of aliphatic hydroxyl groups is 1. The number of Topliss-reactive ketones (excluding diaryl/α,β-unsaturated/α-hetero) is 1. The van der Waals surface area contributed by atoms with Crippen LogP contribution in [-0.4, -0.2) is 31.0 Å². The smallest absolute Gasteiger partial charge is 0.287 e. The molecule has 1 aliphatic rings. The van der Waals surface area contributed by atoms with Gasteiger partial charge in [-0.15, -0.1) is 0 Å². The maximum atomic E-state index is 12.6. The lowest BCUT2D eigenvalue weighted by molar-refractivity contribution is -0.119. The van der Waals surface area contributed by atoms with Gasteiger partial charge in [0.05, 0.1) is 32.1 Å². The van der Waals surface area contributed by atoms with Crippen molar-refractivity contribution in [3.8, 4) is 11.5 Å². The molecule has 1 aromatic heterocycles. The maximum absolute atomic E-state index is 12.6.